The van der Waals surface area contributed by atoms with E-state index in [1.54, 1.807) is 72.8 Å². The molecule has 0 aliphatic rings. The van der Waals surface area contributed by atoms with Crippen molar-refractivity contribution in [1.29, 1.82) is 0 Å². The van der Waals surface area contributed by atoms with E-state index in [1.165, 1.54) is 13.0 Å². The van der Waals surface area contributed by atoms with Crippen molar-refractivity contribution in [2.24, 2.45) is 0 Å². The van der Waals surface area contributed by atoms with Gasteiger partial charge in [0.05, 0.1) is 5.56 Å². The van der Waals surface area contributed by atoms with E-state index in [0.29, 0.717) is 11.1 Å². The normalized spacial score (nSPS) is 11.4. The number of esters is 1. The second-order valence-corrected chi connectivity index (χ2v) is 6.02. The van der Waals surface area contributed by atoms with E-state index < -0.39 is 12.1 Å². The molecule has 1 atom stereocenters. The molecular formula is C23H18O4. The molecule has 0 aromatic heterocycles. The predicted octanol–water partition coefficient (Wildman–Crippen LogP) is 4.35. The summed E-state index contributed by atoms with van der Waals surface area (Å²) in [6.45, 7) is 1.52. The van der Waals surface area contributed by atoms with E-state index in [-0.39, 0.29) is 22.7 Å². The number of ketones is 2. The molecule has 0 heterocycles. The van der Waals surface area contributed by atoms with Crippen LogP contribution in [-0.2, 0) is 4.74 Å². The van der Waals surface area contributed by atoms with Gasteiger partial charge >= 0.3 is 5.97 Å². The van der Waals surface area contributed by atoms with Crippen LogP contribution in [0.15, 0.2) is 84.9 Å². The Bertz CT molecular complexity index is 962. The van der Waals surface area contributed by atoms with Gasteiger partial charge in [0.25, 0.3) is 0 Å². The zero-order valence-electron chi connectivity index (χ0n) is 14.8. The summed E-state index contributed by atoms with van der Waals surface area (Å²) in [5.74, 6) is -1.27. The van der Waals surface area contributed by atoms with Crippen molar-refractivity contribution < 1.29 is 19.1 Å². The van der Waals surface area contributed by atoms with Crippen molar-refractivity contribution in [3.05, 3.63) is 107 Å². The Morgan fingerprint density at radius 2 is 1.15 bits per heavy atom. The Balaban J connectivity index is 1.81. The Hall–Kier alpha value is -3.53. The first kappa shape index (κ1) is 18.3. The molecule has 4 heteroatoms. The van der Waals surface area contributed by atoms with Gasteiger partial charge < -0.3 is 4.74 Å². The average molecular weight is 358 g/mol. The molecule has 0 spiro atoms. The summed E-state index contributed by atoms with van der Waals surface area (Å²) in [4.78, 5) is 37.8. The van der Waals surface area contributed by atoms with Gasteiger partial charge in [0.2, 0.25) is 5.78 Å². The highest BCUT2D eigenvalue weighted by molar-refractivity contribution is 6.14. The van der Waals surface area contributed by atoms with E-state index in [2.05, 4.69) is 0 Å². The van der Waals surface area contributed by atoms with Crippen molar-refractivity contribution in [2.45, 2.75) is 13.0 Å². The quantitative estimate of drug-likeness (QED) is 0.486. The zero-order chi connectivity index (χ0) is 19.2. The minimum absolute atomic E-state index is 0.138. The van der Waals surface area contributed by atoms with E-state index >= 15 is 0 Å². The van der Waals surface area contributed by atoms with Crippen molar-refractivity contribution in [2.75, 3.05) is 0 Å². The molecule has 0 aliphatic heterocycles. The van der Waals surface area contributed by atoms with Crippen LogP contribution < -0.4 is 0 Å². The van der Waals surface area contributed by atoms with Gasteiger partial charge in [0.1, 0.15) is 0 Å². The molecule has 3 aromatic rings. The number of Topliss-reactive ketones (excluding diaryl/α,β-unsaturated/α-hetero) is 1. The Labute approximate surface area is 157 Å². The summed E-state index contributed by atoms with van der Waals surface area (Å²) in [5.41, 5.74) is 1.32. The van der Waals surface area contributed by atoms with Crippen LogP contribution in [-0.4, -0.2) is 23.6 Å². The number of ether oxygens (including phenoxy) is 1. The second-order valence-electron chi connectivity index (χ2n) is 6.02. The lowest BCUT2D eigenvalue weighted by Crippen LogP contribution is -2.25. The standard InChI is InChI=1S/C23H18O4/c1-16(21(24)17-10-4-2-5-11-17)27-23(26)20-15-9-8-14-19(20)22(25)18-12-6-3-7-13-18/h2-16H,1H3/t16-/m1/s1. The van der Waals surface area contributed by atoms with Crippen LogP contribution in [0.1, 0.15) is 43.6 Å². The average Bonchev–Trinajstić information content (AvgIpc) is 2.73. The van der Waals surface area contributed by atoms with Gasteiger partial charge in [-0.05, 0) is 13.0 Å². The molecule has 4 nitrogen and oxygen atoms in total. The maximum atomic E-state index is 12.7. The largest absolute Gasteiger partial charge is 0.451 e. The predicted molar refractivity (Wildman–Crippen MR) is 102 cm³/mol. The van der Waals surface area contributed by atoms with E-state index in [4.69, 9.17) is 4.74 Å². The minimum Gasteiger partial charge on any atom is -0.451 e. The lowest BCUT2D eigenvalue weighted by Gasteiger charge is -2.14. The molecule has 3 aromatic carbocycles. The Morgan fingerprint density at radius 1 is 0.667 bits per heavy atom. The number of hydrogen-bond donors (Lipinski definition) is 0. The van der Waals surface area contributed by atoms with Gasteiger partial charge in [0, 0.05) is 16.7 Å². The van der Waals surface area contributed by atoms with Crippen molar-refractivity contribution in [3.63, 3.8) is 0 Å². The maximum absolute atomic E-state index is 12.7. The monoisotopic (exact) mass is 358 g/mol. The molecule has 0 amide bonds. The van der Waals surface area contributed by atoms with E-state index in [0.717, 1.165) is 0 Å². The zero-order valence-corrected chi connectivity index (χ0v) is 14.8. The molecule has 27 heavy (non-hydrogen) atoms. The smallest absolute Gasteiger partial charge is 0.339 e. The van der Waals surface area contributed by atoms with Gasteiger partial charge in [-0.3, -0.25) is 9.59 Å². The van der Waals surface area contributed by atoms with Gasteiger partial charge in [-0.25, -0.2) is 4.79 Å². The summed E-state index contributed by atoms with van der Waals surface area (Å²) >= 11 is 0. The second kappa shape index (κ2) is 8.23. The van der Waals surface area contributed by atoms with Gasteiger partial charge in [-0.1, -0.05) is 78.9 Å². The van der Waals surface area contributed by atoms with Crippen LogP contribution in [0.5, 0.6) is 0 Å². The van der Waals surface area contributed by atoms with Crippen LogP contribution >= 0.6 is 0 Å². The molecular weight excluding hydrogens is 340 g/mol. The van der Waals surface area contributed by atoms with Crippen molar-refractivity contribution >= 4 is 17.5 Å². The highest BCUT2D eigenvalue weighted by Gasteiger charge is 2.24. The van der Waals surface area contributed by atoms with Crippen LogP contribution in [0.3, 0.4) is 0 Å². The summed E-state index contributed by atoms with van der Waals surface area (Å²) < 4.78 is 5.34. The van der Waals surface area contributed by atoms with E-state index in [1.807, 2.05) is 6.07 Å². The minimum atomic E-state index is -0.959. The Kier molecular flexibility index (Phi) is 5.57. The Morgan fingerprint density at radius 3 is 1.74 bits per heavy atom. The van der Waals surface area contributed by atoms with Crippen LogP contribution in [0.2, 0.25) is 0 Å². The SMILES string of the molecule is C[C@@H](OC(=O)c1ccccc1C(=O)c1ccccc1)C(=O)c1ccccc1. The third-order valence-corrected chi connectivity index (χ3v) is 4.14. The fourth-order valence-corrected chi connectivity index (χ4v) is 2.72. The first-order chi connectivity index (χ1) is 13.1. The van der Waals surface area contributed by atoms with Crippen molar-refractivity contribution in [3.8, 4) is 0 Å². The number of rotatable bonds is 6. The topological polar surface area (TPSA) is 60.4 Å². The number of benzene rings is 3. The maximum Gasteiger partial charge on any atom is 0.339 e. The third kappa shape index (κ3) is 4.18. The molecule has 0 radical (unpaired) electrons. The number of carbonyl (C=O) groups excluding carboxylic acids is 3. The van der Waals surface area contributed by atoms with Crippen LogP contribution in [0.4, 0.5) is 0 Å². The molecule has 134 valence electrons. The summed E-state index contributed by atoms with van der Waals surface area (Å²) in [7, 11) is 0. The lowest BCUT2D eigenvalue weighted by atomic mass is 9.98. The third-order valence-electron chi connectivity index (χ3n) is 4.14. The number of carbonyl (C=O) groups is 3. The molecule has 0 aliphatic carbocycles. The summed E-state index contributed by atoms with van der Waals surface area (Å²) in [6.07, 6.45) is -0.959. The fourth-order valence-electron chi connectivity index (χ4n) is 2.72. The van der Waals surface area contributed by atoms with Gasteiger partial charge in [-0.2, -0.15) is 0 Å². The molecule has 0 fully saturated rings. The molecule has 0 unspecified atom stereocenters. The highest BCUT2D eigenvalue weighted by atomic mass is 16.5. The van der Waals surface area contributed by atoms with Gasteiger partial charge in [-0.15, -0.1) is 0 Å². The lowest BCUT2D eigenvalue weighted by molar-refractivity contribution is 0.0317. The van der Waals surface area contributed by atoms with Crippen LogP contribution in [0.25, 0.3) is 0 Å². The molecule has 0 N–H and O–H groups in total. The molecule has 3 rings (SSSR count). The summed E-state index contributed by atoms with van der Waals surface area (Å²) in [5, 5.41) is 0. The first-order valence-corrected chi connectivity index (χ1v) is 8.57. The molecule has 0 saturated heterocycles. The first-order valence-electron chi connectivity index (χ1n) is 8.57. The summed E-state index contributed by atoms with van der Waals surface area (Å²) in [6, 6.07) is 23.8. The van der Waals surface area contributed by atoms with Gasteiger partial charge in [0.15, 0.2) is 11.9 Å². The van der Waals surface area contributed by atoms with E-state index in [9.17, 15) is 14.4 Å². The van der Waals surface area contributed by atoms with Crippen molar-refractivity contribution in [1.82, 2.24) is 0 Å². The van der Waals surface area contributed by atoms with Crippen LogP contribution in [0, 0.1) is 0 Å². The number of hydrogen-bond acceptors (Lipinski definition) is 4. The molecule has 0 saturated carbocycles. The highest BCUT2D eigenvalue weighted by Crippen LogP contribution is 2.17. The fraction of sp³-hybridized carbons (Fsp3) is 0.0870. The molecule has 0 bridgehead atoms.